The van der Waals surface area contributed by atoms with Crippen molar-refractivity contribution >= 4 is 29.9 Å². The molecule has 0 amide bonds. The smallest absolute Gasteiger partial charge is 0.191 e. The zero-order valence-corrected chi connectivity index (χ0v) is 16.3. The topological polar surface area (TPSA) is 45.7 Å². The Kier molecular flexibility index (Phi) is 6.41. The van der Waals surface area contributed by atoms with Crippen LogP contribution in [-0.2, 0) is 4.74 Å². The summed E-state index contributed by atoms with van der Waals surface area (Å²) in [5.41, 5.74) is 0.00429. The van der Waals surface area contributed by atoms with Gasteiger partial charge >= 0.3 is 0 Å². The van der Waals surface area contributed by atoms with Crippen molar-refractivity contribution in [3.63, 3.8) is 0 Å². The molecule has 24 heavy (non-hydrogen) atoms. The molecule has 134 valence electrons. The predicted molar refractivity (Wildman–Crippen MR) is 101 cm³/mol. The van der Waals surface area contributed by atoms with Gasteiger partial charge in [0, 0.05) is 37.7 Å². The lowest BCUT2D eigenvalue weighted by atomic mass is 10.0. The van der Waals surface area contributed by atoms with Crippen LogP contribution in [0.1, 0.15) is 37.7 Å². The summed E-state index contributed by atoms with van der Waals surface area (Å²) >= 11 is 0. The first-order valence-corrected chi connectivity index (χ1v) is 8.07. The molecule has 1 aliphatic heterocycles. The van der Waals surface area contributed by atoms with Crippen LogP contribution < -0.4 is 10.6 Å². The summed E-state index contributed by atoms with van der Waals surface area (Å²) in [6, 6.07) is 4.00. The van der Waals surface area contributed by atoms with E-state index in [4.69, 9.17) is 4.74 Å². The molecule has 0 bridgehead atoms. The molecular weight excluding hydrogens is 427 g/mol. The van der Waals surface area contributed by atoms with Crippen molar-refractivity contribution in [3.05, 3.63) is 35.4 Å². The lowest BCUT2D eigenvalue weighted by molar-refractivity contribution is 0.0243. The minimum atomic E-state index is -0.478. The standard InChI is InChI=1S/C17H23F2N3O.HI/c1-17(7-4-8-23-17)10-21-16(20-2)22-14-9-11(14)15-12(18)5-3-6-13(15)19;/h3,5-6,11,14H,4,7-10H2,1-2H3,(H2,20,21,22);1H. The number of hydrogen-bond acceptors (Lipinski definition) is 2. The van der Waals surface area contributed by atoms with Crippen LogP contribution in [0, 0.1) is 11.6 Å². The van der Waals surface area contributed by atoms with E-state index in [1.807, 2.05) is 0 Å². The fourth-order valence-corrected chi connectivity index (χ4v) is 3.16. The number of guanidine groups is 1. The fourth-order valence-electron chi connectivity index (χ4n) is 3.16. The molecule has 1 saturated heterocycles. The second-order valence-electron chi connectivity index (χ2n) is 6.56. The van der Waals surface area contributed by atoms with Gasteiger partial charge in [-0.3, -0.25) is 4.99 Å². The Bertz CT molecular complexity index is 585. The van der Waals surface area contributed by atoms with Gasteiger partial charge in [-0.15, -0.1) is 24.0 Å². The molecule has 0 aromatic heterocycles. The maximum Gasteiger partial charge on any atom is 0.191 e. The number of halogens is 3. The van der Waals surface area contributed by atoms with Crippen LogP contribution in [0.25, 0.3) is 0 Å². The van der Waals surface area contributed by atoms with Crippen molar-refractivity contribution in [3.8, 4) is 0 Å². The Morgan fingerprint density at radius 3 is 2.67 bits per heavy atom. The Morgan fingerprint density at radius 2 is 2.08 bits per heavy atom. The van der Waals surface area contributed by atoms with Crippen LogP contribution in [0.15, 0.2) is 23.2 Å². The highest BCUT2D eigenvalue weighted by molar-refractivity contribution is 14.0. The lowest BCUT2D eigenvalue weighted by Gasteiger charge is -2.24. The molecule has 0 spiro atoms. The van der Waals surface area contributed by atoms with Crippen LogP contribution in [-0.4, -0.2) is 37.8 Å². The lowest BCUT2D eigenvalue weighted by Crippen LogP contribution is -2.46. The number of nitrogens with zero attached hydrogens (tertiary/aromatic N) is 1. The minimum Gasteiger partial charge on any atom is -0.373 e. The molecule has 3 unspecified atom stereocenters. The van der Waals surface area contributed by atoms with Gasteiger partial charge in [0.1, 0.15) is 11.6 Å². The van der Waals surface area contributed by atoms with E-state index in [9.17, 15) is 8.78 Å². The predicted octanol–water partition coefficient (Wildman–Crippen LogP) is 3.17. The third-order valence-corrected chi connectivity index (χ3v) is 4.64. The molecule has 3 rings (SSSR count). The third kappa shape index (κ3) is 4.36. The average molecular weight is 451 g/mol. The van der Waals surface area contributed by atoms with E-state index in [-0.39, 0.29) is 47.1 Å². The first-order valence-electron chi connectivity index (χ1n) is 8.07. The van der Waals surface area contributed by atoms with Gasteiger partial charge in [0.05, 0.1) is 5.60 Å². The maximum atomic E-state index is 13.8. The zero-order valence-electron chi connectivity index (χ0n) is 13.9. The van der Waals surface area contributed by atoms with Gasteiger partial charge in [-0.25, -0.2) is 8.78 Å². The van der Waals surface area contributed by atoms with Crippen molar-refractivity contribution in [2.45, 2.75) is 43.7 Å². The second-order valence-corrected chi connectivity index (χ2v) is 6.56. The molecule has 1 aliphatic carbocycles. The van der Waals surface area contributed by atoms with Crippen molar-refractivity contribution in [1.82, 2.24) is 10.6 Å². The minimum absolute atomic E-state index is 0. The Morgan fingerprint density at radius 1 is 1.38 bits per heavy atom. The fraction of sp³-hybridized carbons (Fsp3) is 0.588. The summed E-state index contributed by atoms with van der Waals surface area (Å²) in [6.07, 6.45) is 2.79. The van der Waals surface area contributed by atoms with Gasteiger partial charge in [0.25, 0.3) is 0 Å². The number of nitrogens with one attached hydrogen (secondary N) is 2. The Hall–Kier alpha value is -0.960. The Labute approximate surface area is 158 Å². The molecule has 2 N–H and O–H groups in total. The second kappa shape index (κ2) is 7.95. The maximum absolute atomic E-state index is 13.8. The van der Waals surface area contributed by atoms with Gasteiger partial charge in [-0.1, -0.05) is 6.07 Å². The number of aliphatic imine (C=N–C) groups is 1. The number of benzene rings is 1. The van der Waals surface area contributed by atoms with Crippen molar-refractivity contribution in [1.29, 1.82) is 0 Å². The van der Waals surface area contributed by atoms with E-state index in [0.717, 1.165) is 19.4 Å². The van der Waals surface area contributed by atoms with Crippen molar-refractivity contribution in [2.24, 2.45) is 4.99 Å². The van der Waals surface area contributed by atoms with Crippen LogP contribution in [0.3, 0.4) is 0 Å². The molecule has 4 nitrogen and oxygen atoms in total. The van der Waals surface area contributed by atoms with Crippen molar-refractivity contribution < 1.29 is 13.5 Å². The molecule has 1 aromatic carbocycles. The summed E-state index contributed by atoms with van der Waals surface area (Å²) in [5.74, 6) is -0.456. The molecule has 1 aromatic rings. The number of rotatable bonds is 4. The quantitative estimate of drug-likeness (QED) is 0.420. The molecule has 7 heteroatoms. The van der Waals surface area contributed by atoms with Crippen LogP contribution in [0.4, 0.5) is 8.78 Å². The van der Waals surface area contributed by atoms with E-state index in [2.05, 4.69) is 22.5 Å². The molecule has 2 fully saturated rings. The Balaban J connectivity index is 0.00000208. The van der Waals surface area contributed by atoms with Gasteiger partial charge in [0.2, 0.25) is 0 Å². The summed E-state index contributed by atoms with van der Waals surface area (Å²) in [6.45, 7) is 3.54. The summed E-state index contributed by atoms with van der Waals surface area (Å²) in [4.78, 5) is 4.18. The summed E-state index contributed by atoms with van der Waals surface area (Å²) in [5, 5.41) is 6.49. The van der Waals surface area contributed by atoms with Crippen LogP contribution in [0.2, 0.25) is 0 Å². The van der Waals surface area contributed by atoms with E-state index in [0.29, 0.717) is 18.9 Å². The highest BCUT2D eigenvalue weighted by Crippen LogP contribution is 2.43. The van der Waals surface area contributed by atoms with E-state index >= 15 is 0 Å². The van der Waals surface area contributed by atoms with Crippen molar-refractivity contribution in [2.75, 3.05) is 20.2 Å². The molecular formula is C17H24F2IN3O. The zero-order chi connectivity index (χ0) is 16.4. The molecule has 0 radical (unpaired) electrons. The van der Waals surface area contributed by atoms with Gasteiger partial charge in [-0.2, -0.15) is 0 Å². The van der Waals surface area contributed by atoms with Crippen LogP contribution >= 0.6 is 24.0 Å². The molecule has 3 atom stereocenters. The molecule has 1 heterocycles. The van der Waals surface area contributed by atoms with Gasteiger partial charge in [0.15, 0.2) is 5.96 Å². The van der Waals surface area contributed by atoms with Gasteiger partial charge in [-0.05, 0) is 38.3 Å². The number of ether oxygens (including phenoxy) is 1. The first kappa shape index (κ1) is 19.4. The van der Waals surface area contributed by atoms with E-state index in [1.165, 1.54) is 18.2 Å². The largest absolute Gasteiger partial charge is 0.373 e. The highest BCUT2D eigenvalue weighted by atomic mass is 127. The van der Waals surface area contributed by atoms with Gasteiger partial charge < -0.3 is 15.4 Å². The average Bonchev–Trinajstić information content (AvgIpc) is 3.13. The van der Waals surface area contributed by atoms with E-state index in [1.54, 1.807) is 7.05 Å². The number of hydrogen-bond donors (Lipinski definition) is 2. The monoisotopic (exact) mass is 451 g/mol. The van der Waals surface area contributed by atoms with E-state index < -0.39 is 11.6 Å². The first-order chi connectivity index (χ1) is 11.0. The SMILES string of the molecule is CN=C(NCC1(C)CCCO1)NC1CC1c1c(F)cccc1F.I. The summed E-state index contributed by atoms with van der Waals surface area (Å²) < 4.78 is 33.3. The normalized spacial score (nSPS) is 29.1. The molecule has 2 aliphatic rings. The summed E-state index contributed by atoms with van der Waals surface area (Å²) in [7, 11) is 1.69. The van der Waals surface area contributed by atoms with Crippen LogP contribution in [0.5, 0.6) is 0 Å². The third-order valence-electron chi connectivity index (χ3n) is 4.64. The highest BCUT2D eigenvalue weighted by Gasteiger charge is 2.42. The molecule has 1 saturated carbocycles.